The second kappa shape index (κ2) is 5.54. The van der Waals surface area contributed by atoms with Crippen LogP contribution in [0.25, 0.3) is 0 Å². The van der Waals surface area contributed by atoms with Crippen LogP contribution in [0.3, 0.4) is 0 Å². The average Bonchev–Trinajstić information content (AvgIpc) is 2.21. The Morgan fingerprint density at radius 3 is 2.47 bits per heavy atom. The van der Waals surface area contributed by atoms with Crippen molar-refractivity contribution in [2.24, 2.45) is 0 Å². The lowest BCUT2D eigenvalue weighted by Crippen LogP contribution is -2.42. The van der Waals surface area contributed by atoms with Crippen molar-refractivity contribution in [3.05, 3.63) is 0 Å². The van der Waals surface area contributed by atoms with E-state index in [-0.39, 0.29) is 12.2 Å². The van der Waals surface area contributed by atoms with Crippen molar-refractivity contribution in [3.8, 4) is 0 Å². The van der Waals surface area contributed by atoms with Gasteiger partial charge < -0.3 is 9.47 Å². The summed E-state index contributed by atoms with van der Waals surface area (Å²) in [5, 5.41) is 0. The Kier molecular flexibility index (Phi) is 4.27. The fourth-order valence-electron chi connectivity index (χ4n) is 2.12. The minimum Gasteiger partial charge on any atom is -0.376 e. The summed E-state index contributed by atoms with van der Waals surface area (Å²) < 4.78 is 50.4. The van der Waals surface area contributed by atoms with Gasteiger partial charge in [0.1, 0.15) is 0 Å². The van der Waals surface area contributed by atoms with Crippen molar-refractivity contribution in [2.75, 3.05) is 13.2 Å². The molecule has 1 heterocycles. The maximum absolute atomic E-state index is 11.8. The third-order valence-electron chi connectivity index (χ3n) is 3.14. The highest BCUT2D eigenvalue weighted by Crippen LogP contribution is 2.32. The molecule has 0 aromatic rings. The molecule has 1 unspecified atom stereocenters. The van der Waals surface area contributed by atoms with Gasteiger partial charge in [0.25, 0.3) is 0 Å². The highest BCUT2D eigenvalue weighted by atomic mass is 19.4. The second-order valence-corrected chi connectivity index (χ2v) is 4.60. The Hall–Kier alpha value is -0.330. The van der Waals surface area contributed by atoms with E-state index in [1.54, 1.807) is 0 Å². The number of ether oxygens (including phenoxy) is 3. The summed E-state index contributed by atoms with van der Waals surface area (Å²) in [6.07, 6.45) is -1.39. The second-order valence-electron chi connectivity index (χ2n) is 4.60. The van der Waals surface area contributed by atoms with Crippen LogP contribution in [-0.4, -0.2) is 37.9 Å². The fraction of sp³-hybridized carbons (Fsp3) is 1.00. The predicted octanol–water partition coefficient (Wildman–Crippen LogP) is 2.64. The Labute approximate surface area is 98.2 Å². The third-order valence-corrected chi connectivity index (χ3v) is 3.14. The van der Waals surface area contributed by atoms with Gasteiger partial charge in [-0.05, 0) is 19.3 Å². The number of hydrogen-bond donors (Lipinski definition) is 0. The summed E-state index contributed by atoms with van der Waals surface area (Å²) in [7, 11) is 0. The first kappa shape index (κ1) is 13.1. The zero-order valence-corrected chi connectivity index (χ0v) is 9.54. The molecule has 17 heavy (non-hydrogen) atoms. The smallest absolute Gasteiger partial charge is 0.376 e. The average molecular weight is 254 g/mol. The molecule has 2 aliphatic rings. The summed E-state index contributed by atoms with van der Waals surface area (Å²) in [5.41, 5.74) is 0. The molecule has 0 radical (unpaired) electrons. The Bertz CT molecular complexity index is 233. The van der Waals surface area contributed by atoms with Gasteiger partial charge in [0.2, 0.25) is 0 Å². The van der Waals surface area contributed by atoms with Gasteiger partial charge >= 0.3 is 6.36 Å². The molecular weight excluding hydrogens is 237 g/mol. The summed E-state index contributed by atoms with van der Waals surface area (Å²) >= 11 is 0. The lowest BCUT2D eigenvalue weighted by molar-refractivity contribution is -0.357. The molecule has 0 bridgehead atoms. The predicted molar refractivity (Wildman–Crippen MR) is 53.5 cm³/mol. The van der Waals surface area contributed by atoms with E-state index in [9.17, 15) is 13.2 Å². The van der Waals surface area contributed by atoms with Crippen molar-refractivity contribution in [2.45, 2.75) is 56.8 Å². The van der Waals surface area contributed by atoms with E-state index in [0.29, 0.717) is 19.4 Å². The monoisotopic (exact) mass is 254 g/mol. The Morgan fingerprint density at radius 1 is 1.12 bits per heavy atom. The first-order valence-electron chi connectivity index (χ1n) is 6.01. The van der Waals surface area contributed by atoms with Crippen LogP contribution >= 0.6 is 0 Å². The fourth-order valence-corrected chi connectivity index (χ4v) is 2.12. The molecule has 1 saturated heterocycles. The maximum Gasteiger partial charge on any atom is 0.522 e. The standard InChI is InChI=1S/C11H17F3O3/c12-11(13,14)17-10-5-9(6-10)16-7-8-3-1-2-4-15-8/h8-10H,1-7H2/t8?,9-,10+. The molecular formula is C11H17F3O3. The van der Waals surface area contributed by atoms with Gasteiger partial charge in [-0.15, -0.1) is 13.2 Å². The van der Waals surface area contributed by atoms with E-state index in [0.717, 1.165) is 25.9 Å². The van der Waals surface area contributed by atoms with Gasteiger partial charge in [-0.3, -0.25) is 4.74 Å². The molecule has 0 spiro atoms. The van der Waals surface area contributed by atoms with Crippen LogP contribution < -0.4 is 0 Å². The molecule has 2 rings (SSSR count). The van der Waals surface area contributed by atoms with E-state index in [1.165, 1.54) is 0 Å². The van der Waals surface area contributed by atoms with Crippen LogP contribution in [0.15, 0.2) is 0 Å². The zero-order chi connectivity index (χ0) is 12.3. The van der Waals surface area contributed by atoms with Crippen molar-refractivity contribution in [1.82, 2.24) is 0 Å². The van der Waals surface area contributed by atoms with Crippen LogP contribution in [0.1, 0.15) is 32.1 Å². The number of alkyl halides is 3. The molecule has 2 fully saturated rings. The molecule has 1 atom stereocenters. The van der Waals surface area contributed by atoms with Gasteiger partial charge in [-0.25, -0.2) is 0 Å². The Balaban J connectivity index is 1.55. The SMILES string of the molecule is FC(F)(F)O[C@H]1C[C@@H](OCC2CCCCO2)C1. The van der Waals surface area contributed by atoms with Gasteiger partial charge in [0.05, 0.1) is 24.9 Å². The molecule has 3 nitrogen and oxygen atoms in total. The van der Waals surface area contributed by atoms with Crippen LogP contribution in [-0.2, 0) is 14.2 Å². The van der Waals surface area contributed by atoms with Gasteiger partial charge in [-0.1, -0.05) is 0 Å². The van der Waals surface area contributed by atoms with Gasteiger partial charge in [0, 0.05) is 19.4 Å². The van der Waals surface area contributed by atoms with Crippen LogP contribution in [0.5, 0.6) is 0 Å². The lowest BCUT2D eigenvalue weighted by Gasteiger charge is -2.36. The van der Waals surface area contributed by atoms with E-state index in [4.69, 9.17) is 9.47 Å². The van der Waals surface area contributed by atoms with E-state index in [1.807, 2.05) is 0 Å². The first-order chi connectivity index (χ1) is 8.03. The number of halogens is 3. The van der Waals surface area contributed by atoms with Crippen molar-refractivity contribution in [1.29, 1.82) is 0 Å². The van der Waals surface area contributed by atoms with E-state index < -0.39 is 12.5 Å². The normalized spacial score (nSPS) is 34.4. The van der Waals surface area contributed by atoms with E-state index >= 15 is 0 Å². The van der Waals surface area contributed by atoms with E-state index in [2.05, 4.69) is 4.74 Å². The number of hydrogen-bond acceptors (Lipinski definition) is 3. The molecule has 1 saturated carbocycles. The topological polar surface area (TPSA) is 27.7 Å². The quantitative estimate of drug-likeness (QED) is 0.772. The van der Waals surface area contributed by atoms with Crippen molar-refractivity contribution < 1.29 is 27.4 Å². The van der Waals surface area contributed by atoms with Crippen molar-refractivity contribution in [3.63, 3.8) is 0 Å². The molecule has 6 heteroatoms. The minimum atomic E-state index is -4.53. The summed E-state index contributed by atoms with van der Waals surface area (Å²) in [4.78, 5) is 0. The molecule has 0 aromatic carbocycles. The van der Waals surface area contributed by atoms with Crippen LogP contribution in [0.2, 0.25) is 0 Å². The zero-order valence-electron chi connectivity index (χ0n) is 9.54. The molecule has 0 amide bonds. The van der Waals surface area contributed by atoms with Crippen LogP contribution in [0.4, 0.5) is 13.2 Å². The molecule has 1 aliphatic heterocycles. The molecule has 1 aliphatic carbocycles. The minimum absolute atomic E-state index is 0.104. The highest BCUT2D eigenvalue weighted by molar-refractivity contribution is 4.82. The van der Waals surface area contributed by atoms with Gasteiger partial charge in [0.15, 0.2) is 0 Å². The van der Waals surface area contributed by atoms with Crippen molar-refractivity contribution >= 4 is 0 Å². The summed E-state index contributed by atoms with van der Waals surface area (Å²) in [5.74, 6) is 0. The molecule has 100 valence electrons. The Morgan fingerprint density at radius 2 is 1.88 bits per heavy atom. The highest BCUT2D eigenvalue weighted by Gasteiger charge is 2.40. The summed E-state index contributed by atoms with van der Waals surface area (Å²) in [6.45, 7) is 1.25. The van der Waals surface area contributed by atoms with Crippen LogP contribution in [0, 0.1) is 0 Å². The largest absolute Gasteiger partial charge is 0.522 e. The third kappa shape index (κ3) is 4.44. The number of rotatable bonds is 4. The maximum atomic E-state index is 11.8. The molecule has 0 N–H and O–H groups in total. The first-order valence-corrected chi connectivity index (χ1v) is 6.01. The molecule has 0 aromatic heterocycles. The summed E-state index contributed by atoms with van der Waals surface area (Å²) in [6, 6.07) is 0. The lowest BCUT2D eigenvalue weighted by atomic mass is 9.92. The van der Waals surface area contributed by atoms with Gasteiger partial charge in [-0.2, -0.15) is 0 Å².